The molecule has 0 N–H and O–H groups in total. The lowest BCUT2D eigenvalue weighted by Gasteiger charge is -2.55. The molecule has 2 aromatic carbocycles. The molecule has 3 rings (SSSR count). The van der Waals surface area contributed by atoms with Gasteiger partial charge in [-0.1, -0.05) is 0 Å². The maximum Gasteiger partial charge on any atom is 0.397 e. The van der Waals surface area contributed by atoms with Gasteiger partial charge in [0, 0.05) is 24.3 Å². The first-order chi connectivity index (χ1) is 13.8. The fourth-order valence-electron chi connectivity index (χ4n) is 2.60. The monoisotopic (exact) mass is 438 g/mol. The lowest BCUT2D eigenvalue weighted by molar-refractivity contribution is -0.527. The Bertz CT molecular complexity index is 905. The molecule has 0 amide bonds. The van der Waals surface area contributed by atoms with Gasteiger partial charge in [0.2, 0.25) is 0 Å². The summed E-state index contributed by atoms with van der Waals surface area (Å²) in [5.74, 6) is -23.4. The van der Waals surface area contributed by atoms with Gasteiger partial charge >= 0.3 is 23.6 Å². The van der Waals surface area contributed by atoms with Crippen LogP contribution in [-0.2, 0) is 0 Å². The SMILES string of the molecule is O=[N+]([O-])c1ccc(OC2(F)C(F)(F)C(F)(Oc3ccc([N+](=O)[O-])cc3)C2(F)F)cc1. The second-order valence-electron chi connectivity index (χ2n) is 6.05. The van der Waals surface area contributed by atoms with E-state index in [2.05, 4.69) is 9.47 Å². The lowest BCUT2D eigenvalue weighted by Crippen LogP contribution is -2.89. The third-order valence-corrected chi connectivity index (χ3v) is 4.23. The Balaban J connectivity index is 1.88. The second kappa shape index (κ2) is 6.47. The molecule has 0 heterocycles. The number of rotatable bonds is 6. The Morgan fingerprint density at radius 3 is 1.10 bits per heavy atom. The normalized spacial score (nSPS) is 26.3. The minimum absolute atomic E-state index is 0.566. The van der Waals surface area contributed by atoms with Crippen molar-refractivity contribution in [3.63, 3.8) is 0 Å². The molecule has 1 fully saturated rings. The molecule has 0 unspecified atom stereocenters. The first kappa shape index (κ1) is 21.1. The molecule has 1 aliphatic rings. The largest absolute Gasteiger partial charge is 0.447 e. The zero-order chi connectivity index (χ0) is 22.5. The van der Waals surface area contributed by atoms with Crippen LogP contribution in [0.15, 0.2) is 48.5 Å². The van der Waals surface area contributed by atoms with Crippen LogP contribution in [0.3, 0.4) is 0 Å². The number of non-ortho nitro benzene ring substituents is 2. The van der Waals surface area contributed by atoms with Gasteiger partial charge in [0.15, 0.2) is 0 Å². The van der Waals surface area contributed by atoms with Gasteiger partial charge < -0.3 is 9.47 Å². The van der Waals surface area contributed by atoms with Crippen LogP contribution in [0.2, 0.25) is 0 Å². The molecule has 0 aliphatic heterocycles. The van der Waals surface area contributed by atoms with E-state index in [4.69, 9.17) is 0 Å². The topological polar surface area (TPSA) is 105 Å². The van der Waals surface area contributed by atoms with Crippen molar-refractivity contribution in [2.45, 2.75) is 23.6 Å². The Morgan fingerprint density at radius 2 is 0.867 bits per heavy atom. The molecule has 2 aromatic rings. The van der Waals surface area contributed by atoms with E-state index in [0.717, 1.165) is 0 Å². The average Bonchev–Trinajstić information content (AvgIpc) is 2.67. The fourth-order valence-corrected chi connectivity index (χ4v) is 2.60. The van der Waals surface area contributed by atoms with E-state index >= 15 is 0 Å². The second-order valence-corrected chi connectivity index (χ2v) is 6.05. The molecule has 14 heteroatoms. The van der Waals surface area contributed by atoms with E-state index < -0.39 is 56.3 Å². The summed E-state index contributed by atoms with van der Waals surface area (Å²) in [7, 11) is 0. The summed E-state index contributed by atoms with van der Waals surface area (Å²) in [4.78, 5) is 19.3. The van der Waals surface area contributed by atoms with Gasteiger partial charge in [-0.25, -0.2) is 0 Å². The molecule has 0 saturated heterocycles. The summed E-state index contributed by atoms with van der Waals surface area (Å²) >= 11 is 0. The molecule has 0 atom stereocenters. The fraction of sp³-hybridized carbons (Fsp3) is 0.250. The molecular formula is C16H8F6N2O6. The van der Waals surface area contributed by atoms with E-state index in [1.54, 1.807) is 0 Å². The van der Waals surface area contributed by atoms with Crippen LogP contribution in [0.25, 0.3) is 0 Å². The Kier molecular flexibility index (Phi) is 4.56. The van der Waals surface area contributed by atoms with Crippen LogP contribution in [0, 0.1) is 20.2 Å². The van der Waals surface area contributed by atoms with Crippen LogP contribution in [-0.4, -0.2) is 33.4 Å². The average molecular weight is 438 g/mol. The Hall–Kier alpha value is -3.58. The summed E-state index contributed by atoms with van der Waals surface area (Å²) in [6, 6.07) is 4.96. The van der Waals surface area contributed by atoms with Gasteiger partial charge in [0.05, 0.1) is 9.85 Å². The summed E-state index contributed by atoms with van der Waals surface area (Å²) in [6.45, 7) is 0. The highest BCUT2D eigenvalue weighted by atomic mass is 19.3. The van der Waals surface area contributed by atoms with Gasteiger partial charge in [0.1, 0.15) is 11.5 Å². The number of benzene rings is 2. The number of nitro benzene ring substituents is 2. The predicted octanol–water partition coefficient (Wildman–Crippen LogP) is 4.58. The third-order valence-electron chi connectivity index (χ3n) is 4.23. The van der Waals surface area contributed by atoms with Crippen LogP contribution in [0.4, 0.5) is 37.7 Å². The van der Waals surface area contributed by atoms with Crippen molar-refractivity contribution in [1.29, 1.82) is 0 Å². The van der Waals surface area contributed by atoms with Crippen LogP contribution in [0.1, 0.15) is 0 Å². The van der Waals surface area contributed by atoms with Crippen molar-refractivity contribution in [3.05, 3.63) is 68.8 Å². The summed E-state index contributed by atoms with van der Waals surface area (Å²) in [6.07, 6.45) is 0. The quantitative estimate of drug-likeness (QED) is 0.372. The maximum atomic E-state index is 14.5. The van der Waals surface area contributed by atoms with Gasteiger partial charge in [-0.05, 0) is 24.3 Å². The van der Waals surface area contributed by atoms with E-state index in [9.17, 15) is 46.6 Å². The highest BCUT2D eigenvalue weighted by Crippen LogP contribution is 2.68. The zero-order valence-electron chi connectivity index (χ0n) is 14.2. The van der Waals surface area contributed by atoms with Gasteiger partial charge in [0.25, 0.3) is 11.4 Å². The van der Waals surface area contributed by atoms with Gasteiger partial charge in [-0.2, -0.15) is 26.3 Å². The molecule has 30 heavy (non-hydrogen) atoms. The van der Waals surface area contributed by atoms with Crippen molar-refractivity contribution in [3.8, 4) is 11.5 Å². The summed E-state index contributed by atoms with van der Waals surface area (Å²) in [5.41, 5.74) is -1.13. The first-order valence-electron chi connectivity index (χ1n) is 7.77. The van der Waals surface area contributed by atoms with Crippen molar-refractivity contribution in [2.24, 2.45) is 0 Å². The Morgan fingerprint density at radius 1 is 0.600 bits per heavy atom. The van der Waals surface area contributed by atoms with E-state index in [-0.39, 0.29) is 0 Å². The van der Waals surface area contributed by atoms with Crippen LogP contribution >= 0.6 is 0 Å². The molecule has 1 saturated carbocycles. The summed E-state index contributed by atoms with van der Waals surface area (Å²) in [5, 5.41) is 21.1. The zero-order valence-corrected chi connectivity index (χ0v) is 14.2. The maximum absolute atomic E-state index is 14.5. The van der Waals surface area contributed by atoms with Crippen LogP contribution in [0.5, 0.6) is 11.5 Å². The molecule has 160 valence electrons. The smallest absolute Gasteiger partial charge is 0.397 e. The van der Waals surface area contributed by atoms with Crippen molar-refractivity contribution < 1.29 is 45.7 Å². The highest BCUT2D eigenvalue weighted by molar-refractivity contribution is 5.40. The van der Waals surface area contributed by atoms with Gasteiger partial charge in [-0.3, -0.25) is 20.2 Å². The van der Waals surface area contributed by atoms with Crippen molar-refractivity contribution in [2.75, 3.05) is 0 Å². The molecular weight excluding hydrogens is 430 g/mol. The number of hydrogen-bond acceptors (Lipinski definition) is 6. The standard InChI is InChI=1S/C16H8F6N2O6/c17-13(18)15(21,29-11-5-1-9(2-6-11)23(25)26)14(19,20)16(13,22)30-12-7-3-10(4-8-12)24(27)28/h1-8H. The minimum Gasteiger partial charge on any atom is -0.447 e. The van der Waals surface area contributed by atoms with Crippen molar-refractivity contribution >= 4 is 11.4 Å². The van der Waals surface area contributed by atoms with E-state index in [1.807, 2.05) is 0 Å². The number of halogens is 6. The molecule has 0 bridgehead atoms. The molecule has 0 aromatic heterocycles. The molecule has 1 aliphatic carbocycles. The third kappa shape index (κ3) is 2.70. The molecule has 0 spiro atoms. The first-order valence-corrected chi connectivity index (χ1v) is 7.77. The molecule has 0 radical (unpaired) electrons. The molecule has 8 nitrogen and oxygen atoms in total. The number of hydrogen-bond donors (Lipinski definition) is 0. The van der Waals surface area contributed by atoms with Crippen LogP contribution < -0.4 is 9.47 Å². The lowest BCUT2D eigenvalue weighted by atomic mass is 9.76. The predicted molar refractivity (Wildman–Crippen MR) is 85.0 cm³/mol. The van der Waals surface area contributed by atoms with Gasteiger partial charge in [-0.15, -0.1) is 0 Å². The van der Waals surface area contributed by atoms with Crippen molar-refractivity contribution in [1.82, 2.24) is 0 Å². The number of nitro groups is 2. The number of ether oxygens (including phenoxy) is 2. The Labute approximate surface area is 161 Å². The van der Waals surface area contributed by atoms with E-state index in [0.29, 0.717) is 48.5 Å². The minimum atomic E-state index is -5.55. The summed E-state index contributed by atoms with van der Waals surface area (Å²) < 4.78 is 93.9. The van der Waals surface area contributed by atoms with E-state index in [1.165, 1.54) is 0 Å². The number of nitrogens with zero attached hydrogens (tertiary/aromatic N) is 2. The highest BCUT2D eigenvalue weighted by Gasteiger charge is 3.03. The number of alkyl halides is 6.